The number of hydrogen-bond acceptors (Lipinski definition) is 2. The molecule has 2 unspecified atom stereocenters. The van der Waals surface area contributed by atoms with Crippen molar-refractivity contribution in [1.82, 2.24) is 5.32 Å². The van der Waals surface area contributed by atoms with Crippen molar-refractivity contribution < 1.29 is 9.53 Å². The van der Waals surface area contributed by atoms with E-state index in [9.17, 15) is 4.79 Å². The number of nitrogens with one attached hydrogen (secondary N) is 1. The fourth-order valence-corrected chi connectivity index (χ4v) is 1.97. The van der Waals surface area contributed by atoms with Crippen molar-refractivity contribution in [2.75, 3.05) is 6.61 Å². The molecule has 0 spiro atoms. The van der Waals surface area contributed by atoms with E-state index in [0.717, 1.165) is 6.42 Å². The Bertz CT molecular complexity index is 169. The van der Waals surface area contributed by atoms with Crippen LogP contribution >= 0.6 is 0 Å². The molecule has 1 aliphatic carbocycles. The molecule has 2 rings (SSSR count). The van der Waals surface area contributed by atoms with Crippen LogP contribution in [0.3, 0.4) is 0 Å². The molecular weight excluding hydrogens is 142 g/mol. The number of fused-ring (bicyclic) bond motifs is 1. The summed E-state index contributed by atoms with van der Waals surface area (Å²) in [6, 6.07) is 0.407. The van der Waals surface area contributed by atoms with E-state index in [4.69, 9.17) is 4.74 Å². The fraction of sp³-hybridized carbons (Fsp3) is 0.875. The number of carbonyl (C=O) groups is 1. The van der Waals surface area contributed by atoms with Crippen LogP contribution in [-0.2, 0) is 4.74 Å². The normalized spacial score (nSPS) is 36.9. The van der Waals surface area contributed by atoms with Crippen molar-refractivity contribution >= 4 is 6.09 Å². The highest BCUT2D eigenvalue weighted by atomic mass is 16.6. The first kappa shape index (κ1) is 6.95. The molecule has 1 saturated carbocycles. The van der Waals surface area contributed by atoms with Gasteiger partial charge in [-0.3, -0.25) is 0 Å². The Morgan fingerprint density at radius 2 is 2.18 bits per heavy atom. The summed E-state index contributed by atoms with van der Waals surface area (Å²) < 4.78 is 4.90. The van der Waals surface area contributed by atoms with Gasteiger partial charge in [0, 0.05) is 12.0 Å². The van der Waals surface area contributed by atoms with E-state index in [2.05, 4.69) is 5.32 Å². The summed E-state index contributed by atoms with van der Waals surface area (Å²) in [7, 11) is 0. The number of amides is 1. The van der Waals surface area contributed by atoms with E-state index in [0.29, 0.717) is 18.6 Å². The molecule has 0 radical (unpaired) electrons. The second-order valence-corrected chi connectivity index (χ2v) is 3.39. The van der Waals surface area contributed by atoms with Gasteiger partial charge in [0.15, 0.2) is 0 Å². The van der Waals surface area contributed by atoms with Crippen LogP contribution in [0.25, 0.3) is 0 Å². The SMILES string of the molecule is O=C1NC2CCCCC2CO1. The smallest absolute Gasteiger partial charge is 0.407 e. The fourth-order valence-electron chi connectivity index (χ4n) is 1.97. The van der Waals surface area contributed by atoms with Gasteiger partial charge < -0.3 is 10.1 Å². The van der Waals surface area contributed by atoms with Gasteiger partial charge in [0.25, 0.3) is 0 Å². The van der Waals surface area contributed by atoms with Crippen LogP contribution in [0.5, 0.6) is 0 Å². The number of alkyl carbamates (subject to hydrolysis) is 1. The minimum absolute atomic E-state index is 0.229. The maximum atomic E-state index is 10.8. The predicted molar refractivity (Wildman–Crippen MR) is 40.2 cm³/mol. The van der Waals surface area contributed by atoms with Gasteiger partial charge in [0.2, 0.25) is 0 Å². The highest BCUT2D eigenvalue weighted by molar-refractivity contribution is 5.68. The lowest BCUT2D eigenvalue weighted by Crippen LogP contribution is -2.49. The van der Waals surface area contributed by atoms with E-state index in [-0.39, 0.29) is 6.09 Å². The van der Waals surface area contributed by atoms with E-state index in [1.807, 2.05) is 0 Å². The summed E-state index contributed by atoms with van der Waals surface area (Å²) in [5.74, 6) is 0.585. The molecule has 2 aliphatic rings. The molecule has 1 N–H and O–H groups in total. The lowest BCUT2D eigenvalue weighted by atomic mass is 9.84. The molecule has 1 amide bonds. The maximum absolute atomic E-state index is 10.8. The number of cyclic esters (lactones) is 1. The Hall–Kier alpha value is -0.730. The van der Waals surface area contributed by atoms with Crippen molar-refractivity contribution in [3.8, 4) is 0 Å². The molecule has 3 nitrogen and oxygen atoms in total. The van der Waals surface area contributed by atoms with E-state index in [1.54, 1.807) is 0 Å². The van der Waals surface area contributed by atoms with Crippen LogP contribution in [0.1, 0.15) is 25.7 Å². The van der Waals surface area contributed by atoms with Crippen molar-refractivity contribution in [1.29, 1.82) is 0 Å². The lowest BCUT2D eigenvalue weighted by molar-refractivity contribution is 0.0649. The first-order chi connectivity index (χ1) is 5.36. The van der Waals surface area contributed by atoms with Crippen molar-refractivity contribution in [3.63, 3.8) is 0 Å². The zero-order valence-electron chi connectivity index (χ0n) is 6.51. The summed E-state index contributed by atoms with van der Waals surface area (Å²) in [6.45, 7) is 0.635. The first-order valence-electron chi connectivity index (χ1n) is 4.29. The Labute approximate surface area is 66.1 Å². The van der Waals surface area contributed by atoms with Gasteiger partial charge in [-0.05, 0) is 12.8 Å². The standard InChI is InChI=1S/C8H13NO2/c10-8-9-7-4-2-1-3-6(7)5-11-8/h6-7H,1-5H2,(H,9,10). The Balaban J connectivity index is 1.98. The van der Waals surface area contributed by atoms with Crippen LogP contribution in [0.15, 0.2) is 0 Å². The first-order valence-corrected chi connectivity index (χ1v) is 4.29. The quantitative estimate of drug-likeness (QED) is 0.572. The largest absolute Gasteiger partial charge is 0.449 e. The van der Waals surface area contributed by atoms with Gasteiger partial charge in [-0.25, -0.2) is 4.79 Å². The number of carbonyl (C=O) groups excluding carboxylic acids is 1. The lowest BCUT2D eigenvalue weighted by Gasteiger charge is -2.35. The summed E-state index contributed by atoms with van der Waals surface area (Å²) >= 11 is 0. The topological polar surface area (TPSA) is 38.3 Å². The highest BCUT2D eigenvalue weighted by Gasteiger charge is 2.31. The van der Waals surface area contributed by atoms with Crippen molar-refractivity contribution in [3.05, 3.63) is 0 Å². The Morgan fingerprint density at radius 3 is 3.09 bits per heavy atom. The summed E-state index contributed by atoms with van der Waals surface area (Å²) in [6.07, 6.45) is 4.67. The van der Waals surface area contributed by atoms with Crippen LogP contribution in [0.2, 0.25) is 0 Å². The van der Waals surface area contributed by atoms with Crippen LogP contribution < -0.4 is 5.32 Å². The molecule has 0 aromatic carbocycles. The minimum atomic E-state index is -0.229. The summed E-state index contributed by atoms with van der Waals surface area (Å²) in [5, 5.41) is 2.86. The highest BCUT2D eigenvalue weighted by Crippen LogP contribution is 2.26. The van der Waals surface area contributed by atoms with Crippen molar-refractivity contribution in [2.24, 2.45) is 5.92 Å². The molecule has 0 aromatic heterocycles. The second-order valence-electron chi connectivity index (χ2n) is 3.39. The van der Waals surface area contributed by atoms with Crippen LogP contribution in [0, 0.1) is 5.92 Å². The second kappa shape index (κ2) is 2.72. The minimum Gasteiger partial charge on any atom is -0.449 e. The van der Waals surface area contributed by atoms with Crippen LogP contribution in [0.4, 0.5) is 4.79 Å². The summed E-state index contributed by atoms with van der Waals surface area (Å²) in [5.41, 5.74) is 0. The third-order valence-corrected chi connectivity index (χ3v) is 2.64. The van der Waals surface area contributed by atoms with Gasteiger partial charge >= 0.3 is 6.09 Å². The predicted octanol–water partition coefficient (Wildman–Crippen LogP) is 1.28. The molecule has 62 valence electrons. The zero-order valence-corrected chi connectivity index (χ0v) is 6.51. The number of hydrogen-bond donors (Lipinski definition) is 1. The van der Waals surface area contributed by atoms with Gasteiger partial charge in [0.1, 0.15) is 0 Å². The molecule has 0 bridgehead atoms. The van der Waals surface area contributed by atoms with Gasteiger partial charge in [-0.1, -0.05) is 12.8 Å². The number of rotatable bonds is 0. The van der Waals surface area contributed by atoms with E-state index < -0.39 is 0 Å². The van der Waals surface area contributed by atoms with E-state index >= 15 is 0 Å². The average Bonchev–Trinajstić information content (AvgIpc) is 2.04. The van der Waals surface area contributed by atoms with Gasteiger partial charge in [-0.15, -0.1) is 0 Å². The Morgan fingerprint density at radius 1 is 1.36 bits per heavy atom. The molecule has 2 atom stereocenters. The monoisotopic (exact) mass is 155 g/mol. The van der Waals surface area contributed by atoms with E-state index in [1.165, 1.54) is 19.3 Å². The molecule has 1 heterocycles. The molecular formula is C8H13NO2. The third-order valence-electron chi connectivity index (χ3n) is 2.64. The molecule has 3 heteroatoms. The molecule has 0 aromatic rings. The molecule has 1 aliphatic heterocycles. The maximum Gasteiger partial charge on any atom is 0.407 e. The summed E-state index contributed by atoms with van der Waals surface area (Å²) in [4.78, 5) is 10.8. The van der Waals surface area contributed by atoms with Gasteiger partial charge in [-0.2, -0.15) is 0 Å². The zero-order chi connectivity index (χ0) is 7.68. The third kappa shape index (κ3) is 1.32. The van der Waals surface area contributed by atoms with Crippen molar-refractivity contribution in [2.45, 2.75) is 31.7 Å². The Kier molecular flexibility index (Phi) is 1.72. The molecule has 2 fully saturated rings. The van der Waals surface area contributed by atoms with Gasteiger partial charge in [0.05, 0.1) is 6.61 Å². The average molecular weight is 155 g/mol. The van der Waals surface area contributed by atoms with Crippen LogP contribution in [-0.4, -0.2) is 18.7 Å². The molecule has 1 saturated heterocycles. The molecule has 11 heavy (non-hydrogen) atoms. The number of ether oxygens (including phenoxy) is 1.